The van der Waals surface area contributed by atoms with Gasteiger partial charge in [-0.05, 0) is 24.3 Å². The van der Waals surface area contributed by atoms with Crippen LogP contribution in [0.3, 0.4) is 0 Å². The predicted molar refractivity (Wildman–Crippen MR) is 82.9 cm³/mol. The Balaban J connectivity index is 2.12. The Morgan fingerprint density at radius 1 is 1.10 bits per heavy atom. The van der Waals surface area contributed by atoms with E-state index in [2.05, 4.69) is 4.36 Å². The molecule has 0 saturated heterocycles. The lowest BCUT2D eigenvalue weighted by molar-refractivity contribution is 0.0515. The van der Waals surface area contributed by atoms with Gasteiger partial charge < -0.3 is 9.47 Å². The van der Waals surface area contributed by atoms with Gasteiger partial charge in [0.15, 0.2) is 6.79 Å². The second-order valence-corrected chi connectivity index (χ2v) is 6.58. The van der Waals surface area contributed by atoms with Crippen LogP contribution in [0.4, 0.5) is 5.69 Å². The van der Waals surface area contributed by atoms with Gasteiger partial charge in [-0.2, -0.15) is 4.36 Å². The van der Waals surface area contributed by atoms with Gasteiger partial charge in [0.25, 0.3) is 0 Å². The second kappa shape index (κ2) is 5.71. The molecule has 0 aliphatic carbocycles. The molecule has 2 aromatic rings. The largest absolute Gasteiger partial charge is 0.465 e. The van der Waals surface area contributed by atoms with Gasteiger partial charge in [0.2, 0.25) is 0 Å². The van der Waals surface area contributed by atoms with E-state index in [1.165, 1.54) is 0 Å². The van der Waals surface area contributed by atoms with Crippen molar-refractivity contribution in [3.8, 4) is 5.75 Å². The van der Waals surface area contributed by atoms with Crippen LogP contribution in [0.25, 0.3) is 6.08 Å². The molecule has 0 spiro atoms. The van der Waals surface area contributed by atoms with Crippen LogP contribution in [0.1, 0.15) is 5.56 Å². The lowest BCUT2D eigenvalue weighted by Gasteiger charge is -2.15. The average Bonchev–Trinajstić information content (AvgIpc) is 2.54. The predicted octanol–water partition coefficient (Wildman–Crippen LogP) is 3.81. The monoisotopic (exact) mass is 301 g/mol. The Labute approximate surface area is 124 Å². The number of hydrogen-bond acceptors (Lipinski definition) is 4. The topological polar surface area (TPSA) is 47.9 Å². The standard InChI is InChI=1S/C16H15NO3S/c1-19-12-20-15-9-5-6-13-10-11-21(18,17-16(13)15)14-7-3-2-4-8-14/h2-11H,12H2,1H3/t21-/m1/s1. The van der Waals surface area contributed by atoms with Crippen LogP contribution in [0.2, 0.25) is 0 Å². The Morgan fingerprint density at radius 2 is 1.90 bits per heavy atom. The molecular weight excluding hydrogens is 286 g/mol. The van der Waals surface area contributed by atoms with Crippen LogP contribution in [0.5, 0.6) is 5.75 Å². The van der Waals surface area contributed by atoms with Crippen LogP contribution < -0.4 is 4.74 Å². The zero-order valence-electron chi connectivity index (χ0n) is 11.6. The highest BCUT2D eigenvalue weighted by Gasteiger charge is 2.18. The molecule has 0 bridgehead atoms. The average molecular weight is 301 g/mol. The van der Waals surface area contributed by atoms with Crippen molar-refractivity contribution in [1.82, 2.24) is 0 Å². The zero-order chi connectivity index (χ0) is 14.7. The highest BCUT2D eigenvalue weighted by molar-refractivity contribution is 7.96. The third-order valence-corrected chi connectivity index (χ3v) is 5.01. The first kappa shape index (κ1) is 13.9. The fourth-order valence-electron chi connectivity index (χ4n) is 2.09. The van der Waals surface area contributed by atoms with Gasteiger partial charge in [-0.25, -0.2) is 4.21 Å². The maximum absolute atomic E-state index is 13.1. The van der Waals surface area contributed by atoms with Crippen molar-refractivity contribution in [3.05, 3.63) is 59.5 Å². The molecule has 0 aromatic heterocycles. The number of methoxy groups -OCH3 is 1. The van der Waals surface area contributed by atoms with Crippen LogP contribution in [-0.2, 0) is 14.5 Å². The lowest BCUT2D eigenvalue weighted by Crippen LogP contribution is -2.03. The van der Waals surface area contributed by atoms with E-state index in [9.17, 15) is 4.21 Å². The molecule has 5 heteroatoms. The van der Waals surface area contributed by atoms with Crippen molar-refractivity contribution in [2.24, 2.45) is 4.36 Å². The second-order valence-electron chi connectivity index (χ2n) is 4.52. The number of benzene rings is 2. The van der Waals surface area contributed by atoms with E-state index in [0.29, 0.717) is 16.3 Å². The molecule has 0 fully saturated rings. The molecule has 21 heavy (non-hydrogen) atoms. The van der Waals surface area contributed by atoms with E-state index in [0.717, 1.165) is 5.56 Å². The number of nitrogens with zero attached hydrogens (tertiary/aromatic N) is 1. The van der Waals surface area contributed by atoms with E-state index in [-0.39, 0.29) is 6.79 Å². The smallest absolute Gasteiger partial charge is 0.188 e. The molecule has 0 radical (unpaired) electrons. The van der Waals surface area contributed by atoms with Gasteiger partial charge in [-0.3, -0.25) is 0 Å². The van der Waals surface area contributed by atoms with Gasteiger partial charge in [-0.1, -0.05) is 30.3 Å². The normalized spacial score (nSPS) is 19.7. The number of rotatable bonds is 4. The van der Waals surface area contributed by atoms with Gasteiger partial charge in [-0.15, -0.1) is 0 Å². The molecule has 1 atom stereocenters. The van der Waals surface area contributed by atoms with Crippen LogP contribution >= 0.6 is 0 Å². The first-order chi connectivity index (χ1) is 10.2. The first-order valence-electron chi connectivity index (χ1n) is 6.48. The summed E-state index contributed by atoms with van der Waals surface area (Å²) in [5, 5.41) is 1.66. The summed E-state index contributed by atoms with van der Waals surface area (Å²) >= 11 is 0. The van der Waals surface area contributed by atoms with Gasteiger partial charge >= 0.3 is 0 Å². The van der Waals surface area contributed by atoms with Crippen molar-refractivity contribution in [3.63, 3.8) is 0 Å². The van der Waals surface area contributed by atoms with E-state index >= 15 is 0 Å². The van der Waals surface area contributed by atoms with Crippen LogP contribution in [0.15, 0.2) is 63.2 Å². The highest BCUT2D eigenvalue weighted by Crippen LogP contribution is 2.38. The Hall–Kier alpha value is -2.11. The summed E-state index contributed by atoms with van der Waals surface area (Å²) in [6.45, 7) is 0.127. The number of ether oxygens (including phenoxy) is 2. The van der Waals surface area contributed by atoms with Crippen molar-refractivity contribution < 1.29 is 13.7 Å². The van der Waals surface area contributed by atoms with Crippen molar-refractivity contribution >= 4 is 21.5 Å². The molecule has 0 N–H and O–H groups in total. The zero-order valence-corrected chi connectivity index (χ0v) is 12.4. The van der Waals surface area contributed by atoms with Crippen molar-refractivity contribution in [2.45, 2.75) is 4.90 Å². The molecule has 2 aromatic carbocycles. The molecule has 1 heterocycles. The summed E-state index contributed by atoms with van der Waals surface area (Å²) in [6.07, 6.45) is 1.83. The van der Waals surface area contributed by atoms with Crippen molar-refractivity contribution in [1.29, 1.82) is 0 Å². The molecule has 4 nitrogen and oxygen atoms in total. The van der Waals surface area contributed by atoms with Gasteiger partial charge in [0.05, 0.1) is 4.90 Å². The summed E-state index contributed by atoms with van der Waals surface area (Å²) < 4.78 is 27.9. The maximum Gasteiger partial charge on any atom is 0.188 e. The lowest BCUT2D eigenvalue weighted by atomic mass is 10.1. The van der Waals surface area contributed by atoms with Crippen LogP contribution in [-0.4, -0.2) is 18.1 Å². The van der Waals surface area contributed by atoms with Gasteiger partial charge in [0, 0.05) is 18.1 Å². The fraction of sp³-hybridized carbons (Fsp3) is 0.125. The minimum absolute atomic E-state index is 0.127. The summed E-state index contributed by atoms with van der Waals surface area (Å²) in [5.41, 5.74) is 1.49. The molecular formula is C16H15NO3S. The molecule has 0 amide bonds. The molecule has 0 unspecified atom stereocenters. The summed E-state index contributed by atoms with van der Waals surface area (Å²) in [4.78, 5) is 0.688. The third kappa shape index (κ3) is 2.70. The molecule has 108 valence electrons. The number of fused-ring (bicyclic) bond motifs is 1. The van der Waals surface area contributed by atoms with E-state index in [1.54, 1.807) is 18.6 Å². The quantitative estimate of drug-likeness (QED) is 0.807. The first-order valence-corrected chi connectivity index (χ1v) is 8.06. The molecule has 0 saturated carbocycles. The molecule has 1 aliphatic rings. The summed E-state index contributed by atoms with van der Waals surface area (Å²) in [7, 11) is -1.05. The molecule has 1 aliphatic heterocycles. The minimum Gasteiger partial charge on any atom is -0.465 e. The van der Waals surface area contributed by atoms with Gasteiger partial charge in [0.1, 0.15) is 21.2 Å². The maximum atomic E-state index is 13.1. The Bertz CT molecular complexity index is 790. The number of hydrogen-bond donors (Lipinski definition) is 0. The van der Waals surface area contributed by atoms with Crippen LogP contribution in [0, 0.1) is 0 Å². The van der Waals surface area contributed by atoms with E-state index < -0.39 is 9.73 Å². The fourth-order valence-corrected chi connectivity index (χ4v) is 3.76. The highest BCUT2D eigenvalue weighted by atomic mass is 32.2. The van der Waals surface area contributed by atoms with Crippen molar-refractivity contribution in [2.75, 3.05) is 13.9 Å². The Kier molecular flexibility index (Phi) is 3.77. The minimum atomic E-state index is -2.61. The SMILES string of the molecule is COCOc1cccc2c1N=[S@](=O)(c1ccccc1)C=C2. The Morgan fingerprint density at radius 3 is 2.67 bits per heavy atom. The van der Waals surface area contributed by atoms with E-state index in [4.69, 9.17) is 9.47 Å². The summed E-state index contributed by atoms with van der Waals surface area (Å²) in [6, 6.07) is 14.8. The van der Waals surface area contributed by atoms with E-state index in [1.807, 2.05) is 48.5 Å². The third-order valence-electron chi connectivity index (χ3n) is 3.10. The molecule has 3 rings (SSSR count). The summed E-state index contributed by atoms with van der Waals surface area (Å²) in [5.74, 6) is 0.572.